The summed E-state index contributed by atoms with van der Waals surface area (Å²) in [5, 5.41) is 3.36. The Hall–Kier alpha value is -2.66. The fraction of sp³-hybridized carbons (Fsp3) is 0.190. The lowest BCUT2D eigenvalue weighted by molar-refractivity contribution is -0.121. The molecular formula is C21H20N2O2S. The first kappa shape index (κ1) is 18.1. The number of nitrogens with one attached hydrogen (secondary N) is 1. The third-order valence-corrected chi connectivity index (χ3v) is 4.93. The fourth-order valence-electron chi connectivity index (χ4n) is 2.65. The average Bonchev–Trinajstić information content (AvgIpc) is 3.22. The van der Waals surface area contributed by atoms with Gasteiger partial charge in [0.05, 0.1) is 6.04 Å². The van der Waals surface area contributed by atoms with Gasteiger partial charge in [-0.05, 0) is 17.2 Å². The number of rotatable bonds is 7. The molecule has 26 heavy (non-hydrogen) atoms. The van der Waals surface area contributed by atoms with Gasteiger partial charge in [-0.3, -0.25) is 14.6 Å². The minimum absolute atomic E-state index is 0.113. The van der Waals surface area contributed by atoms with Crippen molar-refractivity contribution < 1.29 is 9.59 Å². The van der Waals surface area contributed by atoms with Crippen molar-refractivity contribution >= 4 is 34.6 Å². The zero-order valence-corrected chi connectivity index (χ0v) is 15.1. The van der Waals surface area contributed by atoms with Crippen molar-refractivity contribution in [2.45, 2.75) is 12.5 Å². The second kappa shape index (κ2) is 9.15. The Balaban J connectivity index is 1.71. The fourth-order valence-corrected chi connectivity index (χ4v) is 3.49. The highest BCUT2D eigenvalue weighted by molar-refractivity contribution is 8.16. The van der Waals surface area contributed by atoms with Crippen LogP contribution in [0.4, 0.5) is 0 Å². The van der Waals surface area contributed by atoms with Crippen LogP contribution in [0.3, 0.4) is 0 Å². The van der Waals surface area contributed by atoms with Crippen molar-refractivity contribution in [2.24, 2.45) is 4.99 Å². The Kier molecular flexibility index (Phi) is 6.39. The number of carbonyl (C=O) groups excluding carboxylic acids is 2. The predicted molar refractivity (Wildman–Crippen MR) is 107 cm³/mol. The molecule has 1 aliphatic rings. The number of thioether (sulfide) groups is 1. The van der Waals surface area contributed by atoms with E-state index in [0.29, 0.717) is 18.0 Å². The van der Waals surface area contributed by atoms with Crippen LogP contribution in [0, 0.1) is 0 Å². The maximum absolute atomic E-state index is 12.8. The summed E-state index contributed by atoms with van der Waals surface area (Å²) in [4.78, 5) is 29.4. The van der Waals surface area contributed by atoms with Crippen molar-refractivity contribution in [3.63, 3.8) is 0 Å². The second-order valence-corrected chi connectivity index (χ2v) is 6.98. The molecule has 2 aromatic carbocycles. The van der Waals surface area contributed by atoms with E-state index in [2.05, 4.69) is 10.3 Å². The van der Waals surface area contributed by atoms with E-state index in [1.807, 2.05) is 60.7 Å². The molecule has 1 atom stereocenters. The monoisotopic (exact) mass is 364 g/mol. The highest BCUT2D eigenvalue weighted by Gasteiger charge is 2.26. The van der Waals surface area contributed by atoms with Crippen LogP contribution in [0.25, 0.3) is 6.08 Å². The topological polar surface area (TPSA) is 58.5 Å². The minimum atomic E-state index is -0.616. The summed E-state index contributed by atoms with van der Waals surface area (Å²) in [5.41, 5.74) is 1.94. The number of hydrogen-bond donors (Lipinski definition) is 1. The number of ketones is 1. The van der Waals surface area contributed by atoms with Crippen molar-refractivity contribution in [3.8, 4) is 0 Å². The standard InChI is InChI=1S/C21H20N2O2S/c24-19(12-11-16-7-3-1-4-8-16)23-18(15-17-9-5-2-6-10-17)20(25)21-22-13-14-26-21/h1-12,18H,13-15H2,(H,23,24)/b12-11+/t18-/m0/s1. The van der Waals surface area contributed by atoms with Crippen molar-refractivity contribution in [3.05, 3.63) is 77.9 Å². The van der Waals surface area contributed by atoms with E-state index in [0.717, 1.165) is 16.9 Å². The summed E-state index contributed by atoms with van der Waals surface area (Å²) in [5.74, 6) is 0.422. The molecule has 5 heteroatoms. The predicted octanol–water partition coefficient (Wildman–Crippen LogP) is 3.14. The second-order valence-electron chi connectivity index (χ2n) is 5.89. The minimum Gasteiger partial charge on any atom is -0.342 e. The van der Waals surface area contributed by atoms with Crippen LogP contribution >= 0.6 is 11.8 Å². The summed E-state index contributed by atoms with van der Waals surface area (Å²) in [7, 11) is 0. The van der Waals surface area contributed by atoms with Crippen LogP contribution in [0.15, 0.2) is 71.7 Å². The van der Waals surface area contributed by atoms with Crippen LogP contribution in [-0.2, 0) is 16.0 Å². The van der Waals surface area contributed by atoms with Gasteiger partial charge in [0.2, 0.25) is 11.7 Å². The normalized spacial score (nSPS) is 14.8. The lowest BCUT2D eigenvalue weighted by Crippen LogP contribution is -2.44. The number of aliphatic imine (C=N–C) groups is 1. The SMILES string of the molecule is O=C(/C=C/c1ccccc1)N[C@@H](Cc1ccccc1)C(=O)C1=NCCS1. The summed E-state index contributed by atoms with van der Waals surface area (Å²) in [6.45, 7) is 0.658. The molecule has 1 aliphatic heterocycles. The molecule has 132 valence electrons. The average molecular weight is 364 g/mol. The van der Waals surface area contributed by atoms with Gasteiger partial charge in [-0.2, -0.15) is 0 Å². The molecule has 0 saturated carbocycles. The van der Waals surface area contributed by atoms with Crippen molar-refractivity contribution in [1.82, 2.24) is 5.32 Å². The lowest BCUT2D eigenvalue weighted by Gasteiger charge is -2.16. The van der Waals surface area contributed by atoms with Gasteiger partial charge in [-0.15, -0.1) is 11.8 Å². The van der Waals surface area contributed by atoms with Crippen molar-refractivity contribution in [2.75, 3.05) is 12.3 Å². The zero-order chi connectivity index (χ0) is 18.2. The largest absolute Gasteiger partial charge is 0.342 e. The Morgan fingerprint density at radius 3 is 2.42 bits per heavy atom. The number of Topliss-reactive ketones (excluding diaryl/α,β-unsaturated/α-hetero) is 1. The Labute approximate surface area is 157 Å². The van der Waals surface area contributed by atoms with Gasteiger partial charge in [0.15, 0.2) is 0 Å². The third-order valence-electron chi connectivity index (χ3n) is 3.94. The van der Waals surface area contributed by atoms with Gasteiger partial charge < -0.3 is 5.32 Å². The van der Waals surface area contributed by atoms with Gasteiger partial charge in [0.25, 0.3) is 0 Å². The molecule has 0 bridgehead atoms. The van der Waals surface area contributed by atoms with Crippen LogP contribution in [-0.4, -0.2) is 35.1 Å². The van der Waals surface area contributed by atoms with E-state index >= 15 is 0 Å². The van der Waals surface area contributed by atoms with Gasteiger partial charge in [0, 0.05) is 24.8 Å². The molecule has 0 saturated heterocycles. The van der Waals surface area contributed by atoms with Crippen LogP contribution in [0.2, 0.25) is 0 Å². The number of carbonyl (C=O) groups is 2. The molecular weight excluding hydrogens is 344 g/mol. The smallest absolute Gasteiger partial charge is 0.244 e. The van der Waals surface area contributed by atoms with Gasteiger partial charge >= 0.3 is 0 Å². The number of benzene rings is 2. The van der Waals surface area contributed by atoms with E-state index < -0.39 is 6.04 Å². The lowest BCUT2D eigenvalue weighted by atomic mass is 10.0. The first-order chi connectivity index (χ1) is 12.7. The quantitative estimate of drug-likeness (QED) is 0.768. The molecule has 4 nitrogen and oxygen atoms in total. The van der Waals surface area contributed by atoms with Gasteiger partial charge in [-0.25, -0.2) is 0 Å². The maximum atomic E-state index is 12.8. The molecule has 1 heterocycles. The highest BCUT2D eigenvalue weighted by Crippen LogP contribution is 2.15. The Morgan fingerprint density at radius 1 is 1.08 bits per heavy atom. The van der Waals surface area contributed by atoms with E-state index in [-0.39, 0.29) is 11.7 Å². The molecule has 3 rings (SSSR count). The van der Waals surface area contributed by atoms with Crippen LogP contribution < -0.4 is 5.32 Å². The Morgan fingerprint density at radius 2 is 1.77 bits per heavy atom. The van der Waals surface area contributed by atoms with E-state index in [1.54, 1.807) is 6.08 Å². The first-order valence-electron chi connectivity index (χ1n) is 8.51. The number of nitrogens with zero attached hydrogens (tertiary/aromatic N) is 1. The van der Waals surface area contributed by atoms with E-state index in [1.165, 1.54) is 17.8 Å². The molecule has 0 aromatic heterocycles. The highest BCUT2D eigenvalue weighted by atomic mass is 32.2. The molecule has 1 amide bonds. The molecule has 0 aliphatic carbocycles. The van der Waals surface area contributed by atoms with Crippen molar-refractivity contribution in [1.29, 1.82) is 0 Å². The molecule has 0 spiro atoms. The zero-order valence-electron chi connectivity index (χ0n) is 14.3. The first-order valence-corrected chi connectivity index (χ1v) is 9.50. The van der Waals surface area contributed by atoms with Crippen LogP contribution in [0.1, 0.15) is 11.1 Å². The Bertz CT molecular complexity index is 816. The van der Waals surface area contributed by atoms with Gasteiger partial charge in [0.1, 0.15) is 5.04 Å². The summed E-state index contributed by atoms with van der Waals surface area (Å²) < 4.78 is 0. The molecule has 0 unspecified atom stereocenters. The third kappa shape index (κ3) is 5.17. The summed E-state index contributed by atoms with van der Waals surface area (Å²) in [6, 6.07) is 18.7. The molecule has 0 fully saturated rings. The maximum Gasteiger partial charge on any atom is 0.244 e. The number of hydrogen-bond acceptors (Lipinski definition) is 4. The number of amides is 1. The molecule has 0 radical (unpaired) electrons. The van der Waals surface area contributed by atoms with Gasteiger partial charge in [-0.1, -0.05) is 60.7 Å². The summed E-state index contributed by atoms with van der Waals surface area (Å²) in [6.07, 6.45) is 3.65. The summed E-state index contributed by atoms with van der Waals surface area (Å²) >= 11 is 1.46. The molecule has 2 aromatic rings. The van der Waals surface area contributed by atoms with Crippen LogP contribution in [0.5, 0.6) is 0 Å². The van der Waals surface area contributed by atoms with E-state index in [4.69, 9.17) is 0 Å². The van der Waals surface area contributed by atoms with E-state index in [9.17, 15) is 9.59 Å². The molecule has 1 N–H and O–H groups in total.